The fourth-order valence-corrected chi connectivity index (χ4v) is 4.30. The largest absolute Gasteiger partial charge is 0.347 e. The first kappa shape index (κ1) is 19.4. The van der Waals surface area contributed by atoms with Crippen LogP contribution in [-0.4, -0.2) is 14.1 Å². The molecular weight excluding hydrogens is 328 g/mol. The molecule has 27 heavy (non-hydrogen) atoms. The molecule has 0 unspecified atom stereocenters. The molecule has 2 N–H and O–H groups in total. The van der Waals surface area contributed by atoms with Gasteiger partial charge in [0.1, 0.15) is 5.69 Å². The molecule has 142 valence electrons. The Hall–Kier alpha value is -2.32. The van der Waals surface area contributed by atoms with Crippen LogP contribution in [0.5, 0.6) is 0 Å². The average molecular weight is 362 g/mol. The Bertz CT molecular complexity index is 871. The Kier molecular flexibility index (Phi) is 5.30. The van der Waals surface area contributed by atoms with E-state index in [0.717, 1.165) is 6.42 Å². The van der Waals surface area contributed by atoms with E-state index < -0.39 is 0 Å². The molecule has 0 aliphatic carbocycles. The van der Waals surface area contributed by atoms with Gasteiger partial charge in [0.05, 0.1) is 7.05 Å². The molecule has 0 amide bonds. The summed E-state index contributed by atoms with van der Waals surface area (Å²) >= 11 is 0. The molecule has 1 heterocycles. The third-order valence-electron chi connectivity index (χ3n) is 5.96. The lowest BCUT2D eigenvalue weighted by Gasteiger charge is -2.25. The molecule has 0 spiro atoms. The van der Waals surface area contributed by atoms with Gasteiger partial charge in [-0.05, 0) is 35.6 Å². The summed E-state index contributed by atoms with van der Waals surface area (Å²) in [6.07, 6.45) is 7.85. The van der Waals surface area contributed by atoms with Gasteiger partial charge in [0.25, 0.3) is 0 Å². The maximum atomic E-state index is 2.33. The lowest BCUT2D eigenvalue weighted by Crippen LogP contribution is -2.73. The number of allylic oxidation sites excluding steroid dienone is 4. The van der Waals surface area contributed by atoms with Crippen LogP contribution in [0, 0.1) is 0 Å². The summed E-state index contributed by atoms with van der Waals surface area (Å²) in [6, 6.07) is 17.4. The SMILES string of the molecule is C[NH2+]c1ccccc1C(C)(C)C/C=C/C=C1\N(C)c2ccccc2C1(C)C. The van der Waals surface area contributed by atoms with Gasteiger partial charge in [-0.25, -0.2) is 0 Å². The number of rotatable bonds is 5. The summed E-state index contributed by atoms with van der Waals surface area (Å²) in [4.78, 5) is 2.33. The van der Waals surface area contributed by atoms with Crippen molar-refractivity contribution >= 4 is 11.4 Å². The molecule has 1 aliphatic heterocycles. The van der Waals surface area contributed by atoms with Gasteiger partial charge in [-0.15, -0.1) is 0 Å². The topological polar surface area (TPSA) is 19.9 Å². The van der Waals surface area contributed by atoms with E-state index >= 15 is 0 Å². The maximum absolute atomic E-state index is 2.33. The Labute approximate surface area is 164 Å². The highest BCUT2D eigenvalue weighted by Gasteiger charge is 2.37. The number of hydrogen-bond acceptors (Lipinski definition) is 1. The van der Waals surface area contributed by atoms with Crippen LogP contribution < -0.4 is 10.2 Å². The van der Waals surface area contributed by atoms with Crippen molar-refractivity contribution in [2.75, 3.05) is 19.0 Å². The number of fused-ring (bicyclic) bond motifs is 1. The Morgan fingerprint density at radius 3 is 2.41 bits per heavy atom. The van der Waals surface area contributed by atoms with Crippen molar-refractivity contribution in [1.29, 1.82) is 0 Å². The number of nitrogens with two attached hydrogens (primary N) is 1. The Morgan fingerprint density at radius 2 is 1.70 bits per heavy atom. The third-order valence-corrected chi connectivity index (χ3v) is 5.96. The van der Waals surface area contributed by atoms with E-state index in [2.05, 4.69) is 119 Å². The molecule has 0 saturated heterocycles. The van der Waals surface area contributed by atoms with E-state index in [0.29, 0.717) is 0 Å². The van der Waals surface area contributed by atoms with Crippen LogP contribution in [0.3, 0.4) is 0 Å². The van der Waals surface area contributed by atoms with Gasteiger partial charge in [-0.2, -0.15) is 0 Å². The highest BCUT2D eigenvalue weighted by Crippen LogP contribution is 2.46. The number of anilines is 1. The Balaban J connectivity index is 1.79. The summed E-state index contributed by atoms with van der Waals surface area (Å²) in [5, 5.41) is 2.20. The zero-order valence-corrected chi connectivity index (χ0v) is 17.6. The van der Waals surface area contributed by atoms with E-state index in [9.17, 15) is 0 Å². The van der Waals surface area contributed by atoms with Gasteiger partial charge in [0, 0.05) is 29.4 Å². The van der Waals surface area contributed by atoms with Crippen LogP contribution in [-0.2, 0) is 10.8 Å². The number of hydrogen-bond donors (Lipinski definition) is 1. The van der Waals surface area contributed by atoms with Crippen LogP contribution >= 0.6 is 0 Å². The van der Waals surface area contributed by atoms with E-state index in [-0.39, 0.29) is 10.8 Å². The fraction of sp³-hybridized carbons (Fsp3) is 0.360. The predicted molar refractivity (Wildman–Crippen MR) is 117 cm³/mol. The molecule has 0 fully saturated rings. The summed E-state index contributed by atoms with van der Waals surface area (Å²) in [6.45, 7) is 9.28. The molecule has 2 aromatic carbocycles. The molecular formula is C25H33N2+. The van der Waals surface area contributed by atoms with Crippen molar-refractivity contribution in [1.82, 2.24) is 0 Å². The van der Waals surface area contributed by atoms with Crippen molar-refractivity contribution in [3.63, 3.8) is 0 Å². The third kappa shape index (κ3) is 3.59. The molecule has 0 saturated carbocycles. The first-order valence-electron chi connectivity index (χ1n) is 9.88. The zero-order valence-electron chi connectivity index (χ0n) is 17.6. The van der Waals surface area contributed by atoms with E-state index in [4.69, 9.17) is 0 Å². The summed E-state index contributed by atoms with van der Waals surface area (Å²) in [5.74, 6) is 0. The van der Waals surface area contributed by atoms with Gasteiger partial charge >= 0.3 is 0 Å². The minimum absolute atomic E-state index is 0.0367. The highest BCUT2D eigenvalue weighted by atomic mass is 15.2. The number of benzene rings is 2. The van der Waals surface area contributed by atoms with Gasteiger partial charge in [0.2, 0.25) is 0 Å². The molecule has 1 aliphatic rings. The van der Waals surface area contributed by atoms with Gasteiger partial charge in [-0.3, -0.25) is 0 Å². The van der Waals surface area contributed by atoms with E-state index in [1.807, 2.05) is 0 Å². The minimum atomic E-state index is 0.0367. The zero-order chi connectivity index (χ0) is 19.7. The van der Waals surface area contributed by atoms with Gasteiger partial charge < -0.3 is 10.2 Å². The Morgan fingerprint density at radius 1 is 1.04 bits per heavy atom. The quantitative estimate of drug-likeness (QED) is 0.739. The number of para-hydroxylation sites is 2. The normalized spacial score (nSPS) is 17.7. The van der Waals surface area contributed by atoms with Crippen LogP contribution in [0.4, 0.5) is 11.4 Å². The molecule has 3 rings (SSSR count). The van der Waals surface area contributed by atoms with Gasteiger partial charge in [-0.1, -0.05) is 76.2 Å². The van der Waals surface area contributed by atoms with Crippen molar-refractivity contribution < 1.29 is 5.32 Å². The molecule has 0 aromatic heterocycles. The van der Waals surface area contributed by atoms with Crippen molar-refractivity contribution in [2.45, 2.75) is 44.9 Å². The van der Waals surface area contributed by atoms with Crippen LogP contribution in [0.25, 0.3) is 0 Å². The fourth-order valence-electron chi connectivity index (χ4n) is 4.30. The molecule has 0 radical (unpaired) electrons. The minimum Gasteiger partial charge on any atom is -0.347 e. The maximum Gasteiger partial charge on any atom is 0.133 e. The molecule has 2 aromatic rings. The first-order chi connectivity index (χ1) is 12.8. The van der Waals surface area contributed by atoms with Crippen LogP contribution in [0.15, 0.2) is 72.5 Å². The number of quaternary nitrogens is 1. The first-order valence-corrected chi connectivity index (χ1v) is 9.88. The standard InChI is InChI=1S/C25H32N2/c1-24(2,19-13-7-9-15-21(19)26-5)18-12-11-17-23-25(3,4)20-14-8-10-16-22(20)27(23)6/h7-17,26H,18H2,1-6H3/p+1/b12-11+,23-17-. The highest BCUT2D eigenvalue weighted by molar-refractivity contribution is 5.70. The van der Waals surface area contributed by atoms with Crippen molar-refractivity contribution in [2.24, 2.45) is 0 Å². The summed E-state index contributed by atoms with van der Waals surface area (Å²) in [7, 11) is 4.29. The summed E-state index contributed by atoms with van der Waals surface area (Å²) < 4.78 is 0. The predicted octanol–water partition coefficient (Wildman–Crippen LogP) is 5.05. The monoisotopic (exact) mass is 361 g/mol. The summed E-state index contributed by atoms with van der Waals surface area (Å²) in [5.41, 5.74) is 6.96. The van der Waals surface area contributed by atoms with E-state index in [1.165, 1.54) is 28.2 Å². The molecule has 0 atom stereocenters. The van der Waals surface area contributed by atoms with Crippen molar-refractivity contribution in [3.05, 3.63) is 83.6 Å². The lowest BCUT2D eigenvalue weighted by atomic mass is 9.80. The second kappa shape index (κ2) is 7.36. The average Bonchev–Trinajstić information content (AvgIpc) is 2.85. The van der Waals surface area contributed by atoms with Gasteiger partial charge in [0.15, 0.2) is 0 Å². The molecule has 2 heteroatoms. The lowest BCUT2D eigenvalue weighted by molar-refractivity contribution is -0.540. The van der Waals surface area contributed by atoms with Crippen LogP contribution in [0.1, 0.15) is 45.2 Å². The number of nitrogens with zero attached hydrogens (tertiary/aromatic N) is 1. The van der Waals surface area contributed by atoms with Crippen LogP contribution in [0.2, 0.25) is 0 Å². The second-order valence-corrected chi connectivity index (χ2v) is 8.65. The molecule has 0 bridgehead atoms. The second-order valence-electron chi connectivity index (χ2n) is 8.65. The molecule has 2 nitrogen and oxygen atoms in total. The smallest absolute Gasteiger partial charge is 0.133 e. The van der Waals surface area contributed by atoms with Crippen molar-refractivity contribution in [3.8, 4) is 0 Å². The van der Waals surface area contributed by atoms with E-state index in [1.54, 1.807) is 0 Å². The number of likely N-dealkylation sites (N-methyl/N-ethyl adjacent to an activating group) is 1.